The van der Waals surface area contributed by atoms with E-state index in [1.807, 2.05) is 18.7 Å². The topological polar surface area (TPSA) is 106 Å². The summed E-state index contributed by atoms with van der Waals surface area (Å²) in [5, 5.41) is 4.32. The molecule has 3 rings (SSSR count). The Balaban J connectivity index is 1.45. The fourth-order valence-corrected chi connectivity index (χ4v) is 3.50. The first-order chi connectivity index (χ1) is 13.8. The van der Waals surface area contributed by atoms with Crippen molar-refractivity contribution in [2.24, 2.45) is 5.16 Å². The van der Waals surface area contributed by atoms with Gasteiger partial charge in [-0.15, -0.1) is 0 Å². The molecule has 0 atom stereocenters. The average molecular weight is 407 g/mol. The number of hydrogen-bond acceptors (Lipinski definition) is 7. The number of likely N-dealkylation sites (tertiary alicyclic amines) is 1. The molecule has 0 radical (unpaired) electrons. The van der Waals surface area contributed by atoms with E-state index >= 15 is 0 Å². The standard InChI is InChI=1S/C20H30FN5O3/c1-13(2)28-20(27)26-9-5-15(6-10-26)29-24-14-3-7-25(8-4-14)19-12-18(23)17(22)11-16(19)21/h11-13,15H,3-10,22-23H2,1-2H3. The van der Waals surface area contributed by atoms with Gasteiger partial charge in [-0.25, -0.2) is 9.18 Å². The molecule has 2 fully saturated rings. The van der Waals surface area contributed by atoms with Crippen LogP contribution < -0.4 is 16.4 Å². The monoisotopic (exact) mass is 407 g/mol. The molecule has 2 aliphatic rings. The van der Waals surface area contributed by atoms with Crippen molar-refractivity contribution in [3.63, 3.8) is 0 Å². The molecule has 2 heterocycles. The lowest BCUT2D eigenvalue weighted by Gasteiger charge is -2.32. The smallest absolute Gasteiger partial charge is 0.410 e. The van der Waals surface area contributed by atoms with Gasteiger partial charge in [-0.2, -0.15) is 0 Å². The van der Waals surface area contributed by atoms with E-state index in [0.717, 1.165) is 18.6 Å². The van der Waals surface area contributed by atoms with Gasteiger partial charge in [-0.05, 0) is 19.9 Å². The van der Waals surface area contributed by atoms with Crippen molar-refractivity contribution in [2.45, 2.75) is 51.7 Å². The molecular weight excluding hydrogens is 377 g/mol. The maximum atomic E-state index is 14.2. The van der Waals surface area contributed by atoms with Gasteiger partial charge in [0.1, 0.15) is 11.9 Å². The summed E-state index contributed by atoms with van der Waals surface area (Å²) in [6, 6.07) is 2.85. The largest absolute Gasteiger partial charge is 0.447 e. The second kappa shape index (κ2) is 9.19. The first kappa shape index (κ1) is 21.0. The van der Waals surface area contributed by atoms with Gasteiger partial charge in [0.05, 0.1) is 28.9 Å². The number of carbonyl (C=O) groups is 1. The lowest BCUT2D eigenvalue weighted by Crippen LogP contribution is -2.41. The van der Waals surface area contributed by atoms with Gasteiger partial charge in [0.15, 0.2) is 0 Å². The Kier molecular flexibility index (Phi) is 6.66. The number of benzene rings is 1. The Morgan fingerprint density at radius 3 is 2.38 bits per heavy atom. The highest BCUT2D eigenvalue weighted by Crippen LogP contribution is 2.29. The Hall–Kier alpha value is -2.71. The van der Waals surface area contributed by atoms with Gasteiger partial charge >= 0.3 is 6.09 Å². The molecule has 4 N–H and O–H groups in total. The lowest BCUT2D eigenvalue weighted by molar-refractivity contribution is 0.00415. The highest BCUT2D eigenvalue weighted by molar-refractivity contribution is 5.86. The van der Waals surface area contributed by atoms with Crippen LogP contribution in [0.4, 0.5) is 26.2 Å². The number of piperidine rings is 2. The predicted octanol–water partition coefficient (Wildman–Crippen LogP) is 2.97. The second-order valence-electron chi connectivity index (χ2n) is 7.80. The van der Waals surface area contributed by atoms with Crippen molar-refractivity contribution in [1.82, 2.24) is 4.90 Å². The van der Waals surface area contributed by atoms with Crippen molar-refractivity contribution < 1.29 is 18.8 Å². The third-order valence-corrected chi connectivity index (χ3v) is 5.20. The summed E-state index contributed by atoms with van der Waals surface area (Å²) in [4.78, 5) is 21.3. The number of halogens is 1. The zero-order chi connectivity index (χ0) is 21.0. The average Bonchev–Trinajstić information content (AvgIpc) is 2.69. The minimum Gasteiger partial charge on any atom is -0.447 e. The first-order valence-corrected chi connectivity index (χ1v) is 10.1. The summed E-state index contributed by atoms with van der Waals surface area (Å²) in [7, 11) is 0. The van der Waals surface area contributed by atoms with Crippen LogP contribution in [0.15, 0.2) is 17.3 Å². The van der Waals surface area contributed by atoms with E-state index in [1.54, 1.807) is 11.0 Å². The summed E-state index contributed by atoms with van der Waals surface area (Å²) in [5.41, 5.74) is 13.5. The van der Waals surface area contributed by atoms with Crippen LogP contribution in [-0.2, 0) is 9.57 Å². The SMILES string of the molecule is CC(C)OC(=O)N1CCC(ON=C2CCN(c3cc(N)c(N)cc3F)CC2)CC1. The number of ether oxygens (including phenoxy) is 1. The van der Waals surface area contributed by atoms with Crippen LogP contribution in [0.1, 0.15) is 39.5 Å². The molecule has 1 aromatic rings. The number of hydrogen-bond donors (Lipinski definition) is 2. The number of carbonyl (C=O) groups excluding carboxylic acids is 1. The van der Waals surface area contributed by atoms with Gasteiger partial charge in [-0.1, -0.05) is 5.16 Å². The van der Waals surface area contributed by atoms with E-state index in [0.29, 0.717) is 50.4 Å². The van der Waals surface area contributed by atoms with E-state index in [2.05, 4.69) is 5.16 Å². The van der Waals surface area contributed by atoms with E-state index in [4.69, 9.17) is 21.0 Å². The van der Waals surface area contributed by atoms with Crippen LogP contribution in [0.5, 0.6) is 0 Å². The molecule has 0 spiro atoms. The fourth-order valence-electron chi connectivity index (χ4n) is 3.50. The van der Waals surface area contributed by atoms with E-state index in [1.165, 1.54) is 6.07 Å². The molecule has 0 bridgehead atoms. The molecule has 1 aromatic carbocycles. The molecule has 160 valence electrons. The molecule has 0 unspecified atom stereocenters. The van der Waals surface area contributed by atoms with Crippen molar-refractivity contribution in [3.8, 4) is 0 Å². The van der Waals surface area contributed by atoms with Crippen LogP contribution in [0.2, 0.25) is 0 Å². The van der Waals surface area contributed by atoms with Gasteiger partial charge in [0.25, 0.3) is 0 Å². The Morgan fingerprint density at radius 2 is 1.76 bits per heavy atom. The molecular formula is C20H30FN5O3. The lowest BCUT2D eigenvalue weighted by atomic mass is 10.1. The summed E-state index contributed by atoms with van der Waals surface area (Å²) >= 11 is 0. The number of nitrogens with zero attached hydrogens (tertiary/aromatic N) is 3. The zero-order valence-electron chi connectivity index (χ0n) is 17.1. The Labute approximate surface area is 170 Å². The number of amides is 1. The van der Waals surface area contributed by atoms with Crippen molar-refractivity contribution >= 4 is 28.9 Å². The van der Waals surface area contributed by atoms with Crippen LogP contribution >= 0.6 is 0 Å². The van der Waals surface area contributed by atoms with Crippen molar-refractivity contribution in [2.75, 3.05) is 42.5 Å². The maximum Gasteiger partial charge on any atom is 0.410 e. The molecule has 0 aromatic heterocycles. The molecule has 0 aliphatic carbocycles. The second-order valence-corrected chi connectivity index (χ2v) is 7.80. The normalized spacial score (nSPS) is 18.1. The number of nitrogens with two attached hydrogens (primary N) is 2. The fraction of sp³-hybridized carbons (Fsp3) is 0.600. The van der Waals surface area contributed by atoms with Crippen LogP contribution in [0.3, 0.4) is 0 Å². The van der Waals surface area contributed by atoms with Crippen LogP contribution in [-0.4, -0.2) is 55.1 Å². The van der Waals surface area contributed by atoms with Crippen molar-refractivity contribution in [1.29, 1.82) is 0 Å². The van der Waals surface area contributed by atoms with Gasteiger partial charge < -0.3 is 30.8 Å². The Bertz CT molecular complexity index is 753. The number of oxime groups is 1. The Morgan fingerprint density at radius 1 is 1.14 bits per heavy atom. The molecule has 0 saturated carbocycles. The summed E-state index contributed by atoms with van der Waals surface area (Å²) in [6.07, 6.45) is 2.46. The molecule has 2 aliphatic heterocycles. The van der Waals surface area contributed by atoms with Gasteiger partial charge in [-0.3, -0.25) is 0 Å². The third-order valence-electron chi connectivity index (χ3n) is 5.20. The molecule has 9 heteroatoms. The number of rotatable bonds is 4. The zero-order valence-corrected chi connectivity index (χ0v) is 17.1. The van der Waals surface area contributed by atoms with E-state index in [9.17, 15) is 9.18 Å². The summed E-state index contributed by atoms with van der Waals surface area (Å²) in [5.74, 6) is -0.365. The molecule has 1 amide bonds. The number of anilines is 3. The minimum absolute atomic E-state index is 0.00188. The van der Waals surface area contributed by atoms with Crippen LogP contribution in [0, 0.1) is 5.82 Å². The van der Waals surface area contributed by atoms with Gasteiger partial charge in [0, 0.05) is 57.9 Å². The predicted molar refractivity (Wildman–Crippen MR) is 111 cm³/mol. The first-order valence-electron chi connectivity index (χ1n) is 10.1. The number of nitrogen functional groups attached to an aromatic ring is 2. The highest BCUT2D eigenvalue weighted by atomic mass is 19.1. The van der Waals surface area contributed by atoms with Gasteiger partial charge in [0.2, 0.25) is 0 Å². The quantitative estimate of drug-likeness (QED) is 0.587. The van der Waals surface area contributed by atoms with E-state index in [-0.39, 0.29) is 29.8 Å². The maximum absolute atomic E-state index is 14.2. The molecule has 8 nitrogen and oxygen atoms in total. The van der Waals surface area contributed by atoms with Crippen molar-refractivity contribution in [3.05, 3.63) is 17.9 Å². The summed E-state index contributed by atoms with van der Waals surface area (Å²) in [6.45, 7) is 6.17. The summed E-state index contributed by atoms with van der Waals surface area (Å²) < 4.78 is 19.4. The minimum atomic E-state index is -0.365. The van der Waals surface area contributed by atoms with Crippen LogP contribution in [0.25, 0.3) is 0 Å². The third kappa shape index (κ3) is 5.42. The molecule has 29 heavy (non-hydrogen) atoms. The highest BCUT2D eigenvalue weighted by Gasteiger charge is 2.26. The molecule has 2 saturated heterocycles. The van der Waals surface area contributed by atoms with E-state index < -0.39 is 0 Å².